The molecular formula is C48H96NO8P. The van der Waals surface area contributed by atoms with Gasteiger partial charge in [-0.15, -0.1) is 0 Å². The van der Waals surface area contributed by atoms with E-state index in [2.05, 4.69) is 13.8 Å². The van der Waals surface area contributed by atoms with Crippen molar-refractivity contribution in [2.24, 2.45) is 0 Å². The molecule has 346 valence electrons. The third kappa shape index (κ3) is 44.6. The van der Waals surface area contributed by atoms with Crippen molar-refractivity contribution in [1.82, 2.24) is 0 Å². The van der Waals surface area contributed by atoms with Gasteiger partial charge in [0.25, 0.3) is 7.82 Å². The van der Waals surface area contributed by atoms with Gasteiger partial charge in [0.2, 0.25) is 0 Å². The molecule has 0 aliphatic carbocycles. The highest BCUT2D eigenvalue weighted by molar-refractivity contribution is 7.45. The van der Waals surface area contributed by atoms with Crippen LogP contribution in [0.15, 0.2) is 0 Å². The molecule has 0 heterocycles. The molecule has 0 fully saturated rings. The number of phosphoric ester groups is 1. The summed E-state index contributed by atoms with van der Waals surface area (Å²) in [6.45, 7) is 4.28. The van der Waals surface area contributed by atoms with Gasteiger partial charge in [-0.3, -0.25) is 14.2 Å². The van der Waals surface area contributed by atoms with E-state index in [9.17, 15) is 19.0 Å². The molecule has 0 rings (SSSR count). The molecule has 0 aliphatic heterocycles. The Balaban J connectivity index is 4.21. The summed E-state index contributed by atoms with van der Waals surface area (Å²) in [5, 5.41) is 0. The molecule has 10 heteroatoms. The fourth-order valence-corrected chi connectivity index (χ4v) is 7.97. The number of phosphoric acid groups is 1. The Labute approximate surface area is 359 Å². The number of hydrogen-bond donors (Lipinski definition) is 0. The fourth-order valence-electron chi connectivity index (χ4n) is 7.25. The summed E-state index contributed by atoms with van der Waals surface area (Å²) >= 11 is 0. The van der Waals surface area contributed by atoms with Crippen molar-refractivity contribution in [2.75, 3.05) is 47.5 Å². The van der Waals surface area contributed by atoms with E-state index in [0.29, 0.717) is 17.4 Å². The second kappa shape index (κ2) is 41.4. The summed E-state index contributed by atoms with van der Waals surface area (Å²) in [4.78, 5) is 37.6. The Morgan fingerprint density at radius 2 is 0.776 bits per heavy atom. The van der Waals surface area contributed by atoms with Crippen LogP contribution in [0.3, 0.4) is 0 Å². The van der Waals surface area contributed by atoms with E-state index < -0.39 is 26.5 Å². The van der Waals surface area contributed by atoms with Crippen LogP contribution in [-0.4, -0.2) is 70.0 Å². The first-order valence-electron chi connectivity index (χ1n) is 24.7. The molecule has 0 amide bonds. The monoisotopic (exact) mass is 846 g/mol. The van der Waals surface area contributed by atoms with Crippen LogP contribution in [0.4, 0.5) is 0 Å². The Morgan fingerprint density at radius 3 is 1.10 bits per heavy atom. The van der Waals surface area contributed by atoms with E-state index in [1.807, 2.05) is 21.1 Å². The van der Waals surface area contributed by atoms with Gasteiger partial charge in [-0.25, -0.2) is 0 Å². The maximum atomic E-state index is 12.7. The topological polar surface area (TPSA) is 111 Å². The first-order valence-corrected chi connectivity index (χ1v) is 26.2. The summed E-state index contributed by atoms with van der Waals surface area (Å²) in [5.74, 6) is -0.815. The van der Waals surface area contributed by atoms with Gasteiger partial charge in [-0.1, -0.05) is 219 Å². The van der Waals surface area contributed by atoms with Gasteiger partial charge in [-0.05, 0) is 12.8 Å². The highest BCUT2D eigenvalue weighted by atomic mass is 31.2. The zero-order valence-corrected chi connectivity index (χ0v) is 39.9. The SMILES string of the molecule is CCCCCCCCCCCCCCCCCCCCCC(=O)OC[C@H](COP(=O)([O-])OCC[N+](C)(C)C)OC(=O)CCCCCCCCCCCCCCCCC. The molecule has 0 bridgehead atoms. The number of carbonyl (C=O) groups is 2. The first-order chi connectivity index (χ1) is 28.0. The highest BCUT2D eigenvalue weighted by Crippen LogP contribution is 2.38. The molecule has 0 aromatic rings. The lowest BCUT2D eigenvalue weighted by Crippen LogP contribution is -2.37. The molecule has 58 heavy (non-hydrogen) atoms. The van der Waals surface area contributed by atoms with Gasteiger partial charge < -0.3 is 27.9 Å². The van der Waals surface area contributed by atoms with Crippen molar-refractivity contribution in [1.29, 1.82) is 0 Å². The van der Waals surface area contributed by atoms with E-state index in [0.717, 1.165) is 32.1 Å². The van der Waals surface area contributed by atoms with Crippen LogP contribution in [-0.2, 0) is 32.7 Å². The van der Waals surface area contributed by atoms with Gasteiger partial charge in [0.15, 0.2) is 6.10 Å². The number of quaternary nitrogens is 1. The summed E-state index contributed by atoms with van der Waals surface area (Å²) in [6.07, 6.45) is 42.7. The minimum absolute atomic E-state index is 0.0254. The van der Waals surface area contributed by atoms with E-state index in [1.54, 1.807) is 0 Å². The van der Waals surface area contributed by atoms with Gasteiger partial charge in [-0.2, -0.15) is 0 Å². The van der Waals surface area contributed by atoms with Crippen LogP contribution in [0, 0.1) is 0 Å². The summed E-state index contributed by atoms with van der Waals surface area (Å²) in [6, 6.07) is 0. The molecule has 2 atom stereocenters. The lowest BCUT2D eigenvalue weighted by atomic mass is 10.0. The number of rotatable bonds is 46. The summed E-state index contributed by atoms with van der Waals surface area (Å²) < 4.78 is 34.0. The molecule has 0 N–H and O–H groups in total. The van der Waals surface area contributed by atoms with E-state index >= 15 is 0 Å². The molecular weight excluding hydrogens is 750 g/mol. The van der Waals surface area contributed by atoms with Crippen molar-refractivity contribution in [2.45, 2.75) is 251 Å². The van der Waals surface area contributed by atoms with Crippen LogP contribution >= 0.6 is 7.82 Å². The molecule has 0 aromatic heterocycles. The predicted octanol–water partition coefficient (Wildman–Crippen LogP) is 13.7. The summed E-state index contributed by atoms with van der Waals surface area (Å²) in [7, 11) is 1.18. The fraction of sp³-hybridized carbons (Fsp3) is 0.958. The molecule has 0 radical (unpaired) electrons. The number of ether oxygens (including phenoxy) is 2. The third-order valence-electron chi connectivity index (χ3n) is 11.1. The van der Waals surface area contributed by atoms with Crippen LogP contribution < -0.4 is 4.89 Å². The summed E-state index contributed by atoms with van der Waals surface area (Å²) in [5.41, 5.74) is 0. The minimum Gasteiger partial charge on any atom is -0.756 e. The molecule has 0 aliphatic rings. The molecule has 0 saturated heterocycles. The van der Waals surface area contributed by atoms with Crippen molar-refractivity contribution in [3.05, 3.63) is 0 Å². The number of carbonyl (C=O) groups excluding carboxylic acids is 2. The van der Waals surface area contributed by atoms with Crippen LogP contribution in [0.2, 0.25) is 0 Å². The Kier molecular flexibility index (Phi) is 40.7. The lowest BCUT2D eigenvalue weighted by Gasteiger charge is -2.28. The quantitative estimate of drug-likeness (QED) is 0.0258. The highest BCUT2D eigenvalue weighted by Gasteiger charge is 2.21. The zero-order chi connectivity index (χ0) is 42.8. The third-order valence-corrected chi connectivity index (χ3v) is 12.1. The Morgan fingerprint density at radius 1 is 0.466 bits per heavy atom. The van der Waals surface area contributed by atoms with Gasteiger partial charge in [0, 0.05) is 12.8 Å². The molecule has 0 spiro atoms. The number of nitrogens with zero attached hydrogens (tertiary/aromatic N) is 1. The lowest BCUT2D eigenvalue weighted by molar-refractivity contribution is -0.870. The Hall–Kier alpha value is -0.990. The first kappa shape index (κ1) is 57.0. The van der Waals surface area contributed by atoms with Crippen LogP contribution in [0.25, 0.3) is 0 Å². The zero-order valence-electron chi connectivity index (χ0n) is 39.0. The van der Waals surface area contributed by atoms with Crippen molar-refractivity contribution in [3.63, 3.8) is 0 Å². The molecule has 0 aromatic carbocycles. The minimum atomic E-state index is -4.62. The Bertz CT molecular complexity index is 958. The van der Waals surface area contributed by atoms with E-state index in [1.165, 1.54) is 180 Å². The average Bonchev–Trinajstić information content (AvgIpc) is 3.17. The van der Waals surface area contributed by atoms with E-state index in [-0.39, 0.29) is 32.0 Å². The number of hydrogen-bond acceptors (Lipinski definition) is 8. The average molecular weight is 846 g/mol. The van der Waals surface area contributed by atoms with Crippen molar-refractivity contribution in [3.8, 4) is 0 Å². The molecule has 0 saturated carbocycles. The van der Waals surface area contributed by atoms with Crippen LogP contribution in [0.5, 0.6) is 0 Å². The second-order valence-corrected chi connectivity index (χ2v) is 19.6. The maximum Gasteiger partial charge on any atom is 0.306 e. The smallest absolute Gasteiger partial charge is 0.306 e. The standard InChI is InChI=1S/C48H96NO8P/c1-6-8-10-12-14-16-18-20-22-23-24-25-27-28-30-32-34-36-38-40-47(50)54-44-46(45-56-58(52,53)55-43-42-49(3,4)5)57-48(51)41-39-37-35-33-31-29-26-21-19-17-15-13-11-9-7-2/h46H,6-45H2,1-5H3/t46-/m1/s1. The van der Waals surface area contributed by atoms with Crippen molar-refractivity contribution < 1.29 is 42.1 Å². The molecule has 1 unspecified atom stereocenters. The number of unbranched alkanes of at least 4 members (excludes halogenated alkanes) is 32. The largest absolute Gasteiger partial charge is 0.756 e. The van der Waals surface area contributed by atoms with Gasteiger partial charge >= 0.3 is 11.9 Å². The maximum absolute atomic E-state index is 12.7. The predicted molar refractivity (Wildman–Crippen MR) is 241 cm³/mol. The van der Waals surface area contributed by atoms with E-state index in [4.69, 9.17) is 18.5 Å². The number of likely N-dealkylation sites (N-methyl/N-ethyl adjacent to an activating group) is 1. The number of esters is 2. The molecule has 9 nitrogen and oxygen atoms in total. The van der Waals surface area contributed by atoms with Crippen molar-refractivity contribution >= 4 is 19.8 Å². The van der Waals surface area contributed by atoms with Gasteiger partial charge in [0.1, 0.15) is 19.8 Å². The normalized spacial score (nSPS) is 13.4. The van der Waals surface area contributed by atoms with Gasteiger partial charge in [0.05, 0.1) is 27.7 Å². The van der Waals surface area contributed by atoms with Crippen LogP contribution in [0.1, 0.15) is 245 Å². The second-order valence-electron chi connectivity index (χ2n) is 18.2.